The topological polar surface area (TPSA) is 29.3 Å². The van der Waals surface area contributed by atoms with Gasteiger partial charge in [0.2, 0.25) is 0 Å². The largest absolute Gasteiger partial charge is 0.329 e. The van der Waals surface area contributed by atoms with Crippen molar-refractivity contribution in [2.45, 2.75) is 51.1 Å². The number of hydrogen-bond donors (Lipinski definition) is 1. The Kier molecular flexibility index (Phi) is 5.99. The molecule has 0 amide bonds. The summed E-state index contributed by atoms with van der Waals surface area (Å²) in [5.41, 5.74) is 7.12. The van der Waals surface area contributed by atoms with E-state index in [1.165, 1.54) is 50.7 Å². The minimum atomic E-state index is -0.172. The van der Waals surface area contributed by atoms with Crippen LogP contribution in [0.5, 0.6) is 0 Å². The van der Waals surface area contributed by atoms with E-state index in [0.717, 1.165) is 18.0 Å². The molecule has 1 atom stereocenters. The second kappa shape index (κ2) is 7.75. The maximum Gasteiger partial charge on any atom is 0.123 e. The Morgan fingerprint density at radius 2 is 1.85 bits per heavy atom. The molecule has 20 heavy (non-hydrogen) atoms. The zero-order chi connectivity index (χ0) is 14.4. The Balaban J connectivity index is 1.87. The van der Waals surface area contributed by atoms with E-state index in [0.29, 0.717) is 12.6 Å². The van der Waals surface area contributed by atoms with Gasteiger partial charge in [-0.3, -0.25) is 4.90 Å². The van der Waals surface area contributed by atoms with Gasteiger partial charge >= 0.3 is 0 Å². The van der Waals surface area contributed by atoms with Crippen LogP contribution < -0.4 is 5.73 Å². The molecule has 2 nitrogen and oxygen atoms in total. The van der Waals surface area contributed by atoms with E-state index in [-0.39, 0.29) is 5.82 Å². The maximum absolute atomic E-state index is 12.9. The van der Waals surface area contributed by atoms with Crippen molar-refractivity contribution in [2.75, 3.05) is 13.6 Å². The van der Waals surface area contributed by atoms with Gasteiger partial charge in [0.1, 0.15) is 5.82 Å². The van der Waals surface area contributed by atoms with Crippen LogP contribution in [0.3, 0.4) is 0 Å². The van der Waals surface area contributed by atoms with E-state index < -0.39 is 0 Å². The van der Waals surface area contributed by atoms with Gasteiger partial charge in [-0.05, 0) is 37.1 Å². The van der Waals surface area contributed by atoms with Crippen LogP contribution in [0.2, 0.25) is 0 Å². The molecule has 1 saturated carbocycles. The molecule has 3 heteroatoms. The third kappa shape index (κ3) is 4.57. The van der Waals surface area contributed by atoms with Gasteiger partial charge in [-0.1, -0.05) is 44.2 Å². The summed E-state index contributed by atoms with van der Waals surface area (Å²) in [7, 11) is 2.13. The van der Waals surface area contributed by atoms with Gasteiger partial charge in [0, 0.05) is 19.1 Å². The number of rotatable bonds is 6. The second-order valence-corrected chi connectivity index (χ2v) is 6.17. The molecule has 1 aromatic rings. The van der Waals surface area contributed by atoms with Gasteiger partial charge in [0.15, 0.2) is 0 Å². The van der Waals surface area contributed by atoms with Gasteiger partial charge in [0.05, 0.1) is 0 Å². The minimum absolute atomic E-state index is 0.172. The summed E-state index contributed by atoms with van der Waals surface area (Å²) >= 11 is 0. The van der Waals surface area contributed by atoms with E-state index in [9.17, 15) is 4.39 Å². The smallest absolute Gasteiger partial charge is 0.123 e. The highest BCUT2D eigenvalue weighted by Gasteiger charge is 2.21. The molecule has 0 aromatic heterocycles. The second-order valence-electron chi connectivity index (χ2n) is 6.17. The Morgan fingerprint density at radius 1 is 1.20 bits per heavy atom. The Morgan fingerprint density at radius 3 is 2.45 bits per heavy atom. The van der Waals surface area contributed by atoms with E-state index >= 15 is 0 Å². The van der Waals surface area contributed by atoms with Gasteiger partial charge in [0.25, 0.3) is 0 Å². The average molecular weight is 278 g/mol. The first-order chi connectivity index (χ1) is 9.69. The molecule has 0 saturated heterocycles. The predicted octanol–water partition coefficient (Wildman–Crippen LogP) is 3.56. The molecule has 1 aliphatic rings. The lowest BCUT2D eigenvalue weighted by Gasteiger charge is -2.32. The lowest BCUT2D eigenvalue weighted by molar-refractivity contribution is 0.185. The molecular weight excluding hydrogens is 251 g/mol. The summed E-state index contributed by atoms with van der Waals surface area (Å²) in [6, 6.07) is 7.21. The quantitative estimate of drug-likeness (QED) is 0.862. The minimum Gasteiger partial charge on any atom is -0.329 e. The van der Waals surface area contributed by atoms with Crippen LogP contribution in [-0.4, -0.2) is 24.5 Å². The Labute approximate surface area is 122 Å². The number of hydrogen-bond acceptors (Lipinski definition) is 2. The highest BCUT2D eigenvalue weighted by Crippen LogP contribution is 2.28. The fourth-order valence-corrected chi connectivity index (χ4v) is 3.27. The molecule has 0 spiro atoms. The van der Waals surface area contributed by atoms with E-state index in [1.807, 2.05) is 12.1 Å². The molecule has 112 valence electrons. The summed E-state index contributed by atoms with van der Waals surface area (Å²) in [5.74, 6) is 0.668. The van der Waals surface area contributed by atoms with Crippen molar-refractivity contribution in [1.29, 1.82) is 0 Å². The summed E-state index contributed by atoms with van der Waals surface area (Å²) in [5, 5.41) is 0. The zero-order valence-corrected chi connectivity index (χ0v) is 12.5. The van der Waals surface area contributed by atoms with Crippen LogP contribution in [0, 0.1) is 11.7 Å². The summed E-state index contributed by atoms with van der Waals surface area (Å²) in [4.78, 5) is 2.32. The number of nitrogens with two attached hydrogens (primary N) is 1. The molecule has 0 heterocycles. The van der Waals surface area contributed by atoms with Crippen LogP contribution in [0.1, 0.15) is 44.1 Å². The first kappa shape index (κ1) is 15.5. The third-order valence-corrected chi connectivity index (χ3v) is 4.57. The molecule has 0 aliphatic heterocycles. The third-order valence-electron chi connectivity index (χ3n) is 4.57. The fourth-order valence-electron chi connectivity index (χ4n) is 3.27. The first-order valence-electron chi connectivity index (χ1n) is 7.84. The van der Waals surface area contributed by atoms with Gasteiger partial charge in [-0.15, -0.1) is 0 Å². The van der Waals surface area contributed by atoms with Crippen LogP contribution >= 0.6 is 0 Å². The van der Waals surface area contributed by atoms with Crippen molar-refractivity contribution in [1.82, 2.24) is 4.90 Å². The first-order valence-corrected chi connectivity index (χ1v) is 7.84. The van der Waals surface area contributed by atoms with Crippen molar-refractivity contribution >= 4 is 0 Å². The average Bonchev–Trinajstić information content (AvgIpc) is 2.48. The number of nitrogens with zero attached hydrogens (tertiary/aromatic N) is 1. The van der Waals surface area contributed by atoms with E-state index in [4.69, 9.17) is 5.73 Å². The van der Waals surface area contributed by atoms with Crippen LogP contribution in [0.4, 0.5) is 4.39 Å². The molecule has 1 fully saturated rings. The van der Waals surface area contributed by atoms with Crippen LogP contribution in [-0.2, 0) is 6.54 Å². The highest BCUT2D eigenvalue weighted by atomic mass is 19.1. The van der Waals surface area contributed by atoms with Crippen molar-refractivity contribution in [3.8, 4) is 0 Å². The van der Waals surface area contributed by atoms with Crippen LogP contribution in [0.25, 0.3) is 0 Å². The molecule has 1 aromatic carbocycles. The maximum atomic E-state index is 12.9. The zero-order valence-electron chi connectivity index (χ0n) is 12.5. The molecule has 0 bridgehead atoms. The standard InChI is InChI=1S/C17H27FN2/c1-20(13-15-7-9-16(18)10-8-15)17(12-19)11-14-5-3-2-4-6-14/h7-10,14,17H,2-6,11-13,19H2,1H3. The SMILES string of the molecule is CN(Cc1ccc(F)cc1)C(CN)CC1CCCCC1. The molecule has 0 radical (unpaired) electrons. The van der Waals surface area contributed by atoms with E-state index in [2.05, 4.69) is 11.9 Å². The monoisotopic (exact) mass is 278 g/mol. The van der Waals surface area contributed by atoms with Crippen molar-refractivity contribution in [3.63, 3.8) is 0 Å². The summed E-state index contributed by atoms with van der Waals surface area (Å²) < 4.78 is 12.9. The Hall–Kier alpha value is -0.930. The van der Waals surface area contributed by atoms with Crippen molar-refractivity contribution in [3.05, 3.63) is 35.6 Å². The van der Waals surface area contributed by atoms with Crippen molar-refractivity contribution in [2.24, 2.45) is 11.7 Å². The lowest BCUT2D eigenvalue weighted by Crippen LogP contribution is -2.39. The summed E-state index contributed by atoms with van der Waals surface area (Å²) in [6.45, 7) is 1.54. The molecule has 2 rings (SSSR count). The molecule has 1 unspecified atom stereocenters. The molecular formula is C17H27FN2. The highest BCUT2D eigenvalue weighted by molar-refractivity contribution is 5.15. The molecule has 1 aliphatic carbocycles. The fraction of sp³-hybridized carbons (Fsp3) is 0.647. The number of halogens is 1. The van der Waals surface area contributed by atoms with E-state index in [1.54, 1.807) is 0 Å². The summed E-state index contributed by atoms with van der Waals surface area (Å²) in [6.07, 6.45) is 8.08. The van der Waals surface area contributed by atoms with Gasteiger partial charge in [-0.25, -0.2) is 4.39 Å². The Bertz CT molecular complexity index is 384. The van der Waals surface area contributed by atoms with Crippen LogP contribution in [0.15, 0.2) is 24.3 Å². The number of benzene rings is 1. The van der Waals surface area contributed by atoms with Gasteiger partial charge in [-0.2, -0.15) is 0 Å². The lowest BCUT2D eigenvalue weighted by atomic mass is 9.84. The normalized spacial score (nSPS) is 18.4. The van der Waals surface area contributed by atoms with Gasteiger partial charge < -0.3 is 5.73 Å². The number of likely N-dealkylation sites (N-methyl/N-ethyl adjacent to an activating group) is 1. The van der Waals surface area contributed by atoms with Crippen molar-refractivity contribution < 1.29 is 4.39 Å². The molecule has 2 N–H and O–H groups in total. The predicted molar refractivity (Wildman–Crippen MR) is 81.9 cm³/mol.